The average Bonchev–Trinajstić information content (AvgIpc) is 3.75. The number of fused-ring (bicyclic) bond motifs is 1. The maximum atomic E-state index is 12.1. The van der Waals surface area contributed by atoms with Crippen molar-refractivity contribution < 1.29 is 14.6 Å². The van der Waals surface area contributed by atoms with E-state index in [9.17, 15) is 9.90 Å². The van der Waals surface area contributed by atoms with Gasteiger partial charge in [0.1, 0.15) is 6.23 Å². The van der Waals surface area contributed by atoms with Gasteiger partial charge in [0, 0.05) is 36.9 Å². The predicted molar refractivity (Wildman–Crippen MR) is 133 cm³/mol. The number of hydrogen-bond acceptors (Lipinski definition) is 3. The van der Waals surface area contributed by atoms with E-state index in [4.69, 9.17) is 16.3 Å². The zero-order valence-corrected chi connectivity index (χ0v) is 20.0. The Morgan fingerprint density at radius 2 is 1.88 bits per heavy atom. The fourth-order valence-corrected chi connectivity index (χ4v) is 5.54. The molecule has 3 unspecified atom stereocenters. The Bertz CT molecular complexity index is 1200. The minimum absolute atomic E-state index is 0.105. The Hall–Kier alpha value is -2.34. The molecule has 2 aromatic carbocycles. The molecule has 6 rings (SSSR count). The molecular weight excluding hydrogens is 448 g/mol. The maximum Gasteiger partial charge on any atom is 0.223 e. The lowest BCUT2D eigenvalue weighted by atomic mass is 10.0. The van der Waals surface area contributed by atoms with Gasteiger partial charge in [-0.25, -0.2) is 0 Å². The Labute approximate surface area is 205 Å². The Morgan fingerprint density at radius 3 is 2.62 bits per heavy atom. The lowest BCUT2D eigenvalue weighted by molar-refractivity contribution is -0.134. The molecule has 1 amide bonds. The maximum absolute atomic E-state index is 12.1. The molecule has 0 bridgehead atoms. The van der Waals surface area contributed by atoms with Gasteiger partial charge in [0.15, 0.2) is 0 Å². The smallest absolute Gasteiger partial charge is 0.223 e. The number of benzene rings is 2. The summed E-state index contributed by atoms with van der Waals surface area (Å²) in [6.45, 7) is 0.434. The van der Waals surface area contributed by atoms with Crippen LogP contribution in [-0.4, -0.2) is 34.3 Å². The van der Waals surface area contributed by atoms with Gasteiger partial charge in [0.2, 0.25) is 5.91 Å². The molecule has 2 heterocycles. The first-order valence-corrected chi connectivity index (χ1v) is 12.9. The van der Waals surface area contributed by atoms with Crippen LogP contribution in [0.25, 0.3) is 10.9 Å². The summed E-state index contributed by atoms with van der Waals surface area (Å²) >= 11 is 6.68. The molecule has 1 saturated heterocycles. The summed E-state index contributed by atoms with van der Waals surface area (Å²) in [6, 6.07) is 14.9. The van der Waals surface area contributed by atoms with E-state index in [1.165, 1.54) is 24.0 Å². The van der Waals surface area contributed by atoms with Crippen molar-refractivity contribution in [2.45, 2.75) is 69.3 Å². The van der Waals surface area contributed by atoms with Gasteiger partial charge in [-0.05, 0) is 66.8 Å². The number of rotatable bonds is 7. The molecule has 3 fully saturated rings. The number of halogens is 1. The highest BCUT2D eigenvalue weighted by Crippen LogP contribution is 2.40. The van der Waals surface area contributed by atoms with E-state index in [1.807, 2.05) is 12.1 Å². The van der Waals surface area contributed by atoms with Crippen LogP contribution in [0.4, 0.5) is 0 Å². The van der Waals surface area contributed by atoms with Gasteiger partial charge < -0.3 is 19.7 Å². The normalized spacial score (nSPS) is 24.9. The van der Waals surface area contributed by atoms with Gasteiger partial charge in [0.05, 0.1) is 22.7 Å². The Kier molecular flexibility index (Phi) is 5.88. The van der Waals surface area contributed by atoms with E-state index in [2.05, 4.69) is 46.4 Å². The van der Waals surface area contributed by atoms with Gasteiger partial charge in [0.25, 0.3) is 0 Å². The van der Waals surface area contributed by atoms with Crippen molar-refractivity contribution in [2.75, 3.05) is 6.54 Å². The van der Waals surface area contributed by atoms with Crippen LogP contribution in [0.1, 0.15) is 67.4 Å². The number of carbonyl (C=O) groups is 1. The van der Waals surface area contributed by atoms with Gasteiger partial charge in [-0.1, -0.05) is 41.9 Å². The third kappa shape index (κ3) is 4.61. The minimum Gasteiger partial charge on any atom is -0.393 e. The summed E-state index contributed by atoms with van der Waals surface area (Å²) < 4.78 is 8.52. The molecule has 3 atom stereocenters. The molecule has 178 valence electrons. The van der Waals surface area contributed by atoms with E-state index >= 15 is 0 Å². The molecule has 0 spiro atoms. The molecule has 3 aliphatic rings. The largest absolute Gasteiger partial charge is 0.393 e. The van der Waals surface area contributed by atoms with Crippen LogP contribution in [-0.2, 0) is 16.0 Å². The fraction of sp³-hybridized carbons (Fsp3) is 0.464. The molecule has 3 aromatic rings. The number of ether oxygens (including phenoxy) is 1. The lowest BCUT2D eigenvalue weighted by Gasteiger charge is -2.34. The molecule has 2 aliphatic carbocycles. The van der Waals surface area contributed by atoms with Crippen molar-refractivity contribution in [1.82, 2.24) is 9.88 Å². The second kappa shape index (κ2) is 9.03. The number of nitrogens with one attached hydrogen (secondary N) is 1. The summed E-state index contributed by atoms with van der Waals surface area (Å²) in [6.07, 6.45) is 7.53. The molecule has 0 radical (unpaired) electrons. The molecule has 34 heavy (non-hydrogen) atoms. The summed E-state index contributed by atoms with van der Waals surface area (Å²) in [5.41, 5.74) is 4.86. The number of aromatic nitrogens is 1. The number of amides is 1. The van der Waals surface area contributed by atoms with Crippen LogP contribution < -0.4 is 5.32 Å². The number of hydrogen-bond donors (Lipinski definition) is 2. The summed E-state index contributed by atoms with van der Waals surface area (Å²) in [5.74, 6) is 1.02. The van der Waals surface area contributed by atoms with Crippen molar-refractivity contribution >= 4 is 28.4 Å². The van der Waals surface area contributed by atoms with Crippen LogP contribution in [0.5, 0.6) is 0 Å². The summed E-state index contributed by atoms with van der Waals surface area (Å²) in [7, 11) is 0. The van der Waals surface area contributed by atoms with E-state index in [0.29, 0.717) is 19.4 Å². The van der Waals surface area contributed by atoms with Crippen molar-refractivity contribution in [3.63, 3.8) is 0 Å². The zero-order valence-electron chi connectivity index (χ0n) is 19.3. The zero-order chi connectivity index (χ0) is 23.2. The first kappa shape index (κ1) is 22.1. The van der Waals surface area contributed by atoms with Gasteiger partial charge in [-0.3, -0.25) is 4.79 Å². The topological polar surface area (TPSA) is 63.5 Å². The van der Waals surface area contributed by atoms with E-state index in [0.717, 1.165) is 46.7 Å². The quantitative estimate of drug-likeness (QED) is 0.482. The highest BCUT2D eigenvalue weighted by atomic mass is 35.5. The average molecular weight is 479 g/mol. The Morgan fingerprint density at radius 1 is 1.09 bits per heavy atom. The molecule has 1 aliphatic heterocycles. The second-order valence-electron chi connectivity index (χ2n) is 10.2. The fourth-order valence-electron chi connectivity index (χ4n) is 5.24. The van der Waals surface area contributed by atoms with Crippen molar-refractivity contribution in [3.05, 3.63) is 70.4 Å². The molecule has 1 aromatic heterocycles. The summed E-state index contributed by atoms with van der Waals surface area (Å²) in [5, 5.41) is 15.4. The van der Waals surface area contributed by atoms with E-state index in [-0.39, 0.29) is 24.2 Å². The highest BCUT2D eigenvalue weighted by molar-refractivity contribution is 6.35. The number of carbonyl (C=O) groups excluding carboxylic acids is 1. The van der Waals surface area contributed by atoms with Crippen molar-refractivity contribution in [3.8, 4) is 0 Å². The molecular formula is C28H31ClN2O3. The van der Waals surface area contributed by atoms with Crippen molar-refractivity contribution in [1.29, 1.82) is 0 Å². The van der Waals surface area contributed by atoms with Gasteiger partial charge in [-0.2, -0.15) is 0 Å². The standard InChI is InChI=1S/C28H31ClN2O3/c29-24-2-1-3-25-27(24)21(12-17-4-6-18(7-5-17)19-8-9-19)16-31(25)26-14-22(32)13-23(34-26)15-30-28(33)20-10-11-20/h1-7,16,19-20,22-23,26,32H,8-15H2,(H,30,33). The molecule has 5 nitrogen and oxygen atoms in total. The van der Waals surface area contributed by atoms with Crippen LogP contribution >= 0.6 is 11.6 Å². The SMILES string of the molecule is O=C(NCC1CC(O)CC(n2cc(Cc3ccc(C4CC4)cc3)c3c(Cl)cccc32)O1)C1CC1. The number of nitrogens with zero attached hydrogens (tertiary/aromatic N) is 1. The van der Waals surface area contributed by atoms with Crippen molar-refractivity contribution in [2.24, 2.45) is 5.92 Å². The third-order valence-electron chi connectivity index (χ3n) is 7.43. The van der Waals surface area contributed by atoms with Crippen LogP contribution in [0.15, 0.2) is 48.7 Å². The van der Waals surface area contributed by atoms with Gasteiger partial charge in [-0.15, -0.1) is 0 Å². The molecule has 6 heteroatoms. The second-order valence-corrected chi connectivity index (χ2v) is 10.7. The molecule has 2 N–H and O–H groups in total. The monoisotopic (exact) mass is 478 g/mol. The number of aliphatic hydroxyl groups excluding tert-OH is 1. The summed E-state index contributed by atoms with van der Waals surface area (Å²) in [4.78, 5) is 12.1. The predicted octanol–water partition coefficient (Wildman–Crippen LogP) is 5.33. The van der Waals surface area contributed by atoms with E-state index in [1.54, 1.807) is 0 Å². The molecule has 2 saturated carbocycles. The van der Waals surface area contributed by atoms with Crippen LogP contribution in [0.3, 0.4) is 0 Å². The number of aliphatic hydroxyl groups is 1. The minimum atomic E-state index is -0.475. The third-order valence-corrected chi connectivity index (χ3v) is 7.74. The lowest BCUT2D eigenvalue weighted by Crippen LogP contribution is -2.41. The van der Waals surface area contributed by atoms with Crippen LogP contribution in [0, 0.1) is 5.92 Å². The van der Waals surface area contributed by atoms with E-state index < -0.39 is 6.10 Å². The highest BCUT2D eigenvalue weighted by Gasteiger charge is 2.33. The van der Waals surface area contributed by atoms with Gasteiger partial charge >= 0.3 is 0 Å². The van der Waals surface area contributed by atoms with Crippen LogP contribution in [0.2, 0.25) is 5.02 Å². The first-order valence-electron chi connectivity index (χ1n) is 12.5. The first-order chi connectivity index (χ1) is 16.5. The Balaban J connectivity index is 1.25.